The predicted octanol–water partition coefficient (Wildman–Crippen LogP) is 7.17. The number of benzene rings is 4. The molecule has 0 aliphatic carbocycles. The van der Waals surface area contributed by atoms with Crippen molar-refractivity contribution in [1.29, 1.82) is 0 Å². The van der Waals surface area contributed by atoms with Crippen molar-refractivity contribution >= 4 is 62.9 Å². The van der Waals surface area contributed by atoms with Crippen molar-refractivity contribution in [2.75, 3.05) is 10.6 Å². The maximum atomic E-state index is 12.8. The largest absolute Gasteiger partial charge is 0.332 e. The van der Waals surface area contributed by atoms with Gasteiger partial charge in [0.1, 0.15) is 0 Å². The summed E-state index contributed by atoms with van der Waals surface area (Å²) in [7, 11) is 0. The van der Waals surface area contributed by atoms with Gasteiger partial charge in [0.05, 0.1) is 0 Å². The molecule has 5 nitrogen and oxygen atoms in total. The van der Waals surface area contributed by atoms with Gasteiger partial charge in [-0.05, 0) is 77.1 Å². The van der Waals surface area contributed by atoms with Gasteiger partial charge in [0, 0.05) is 32.9 Å². The molecule has 4 aromatic carbocycles. The molecule has 0 aromatic heterocycles. The third kappa shape index (κ3) is 5.90. The van der Waals surface area contributed by atoms with Crippen molar-refractivity contribution in [3.63, 3.8) is 0 Å². The van der Waals surface area contributed by atoms with Crippen LogP contribution in [-0.2, 0) is 5.41 Å². The number of carbonyl (C=O) groups is 2. The van der Waals surface area contributed by atoms with Crippen LogP contribution in [0.3, 0.4) is 0 Å². The van der Waals surface area contributed by atoms with Crippen LogP contribution in [0, 0.1) is 0 Å². The van der Waals surface area contributed by atoms with Crippen LogP contribution in [0.25, 0.3) is 10.8 Å². The number of amides is 2. The Bertz CT molecular complexity index is 1440. The molecule has 0 saturated heterocycles. The van der Waals surface area contributed by atoms with Gasteiger partial charge >= 0.3 is 0 Å². The number of nitrogens with one attached hydrogen (secondary N) is 3. The van der Waals surface area contributed by atoms with Gasteiger partial charge < -0.3 is 10.6 Å². The van der Waals surface area contributed by atoms with Gasteiger partial charge in [-0.2, -0.15) is 0 Å². The van der Waals surface area contributed by atoms with Gasteiger partial charge in [-0.1, -0.05) is 68.8 Å². The van der Waals surface area contributed by atoms with Crippen molar-refractivity contribution in [2.45, 2.75) is 26.2 Å². The van der Waals surface area contributed by atoms with Crippen LogP contribution in [-0.4, -0.2) is 16.9 Å². The maximum absolute atomic E-state index is 12.8. The molecule has 4 aromatic rings. The number of halogens is 1. The molecule has 0 fully saturated rings. The molecule has 0 spiro atoms. The average Bonchev–Trinajstić information content (AvgIpc) is 2.84. The van der Waals surface area contributed by atoms with E-state index in [1.165, 1.54) is 5.56 Å². The lowest BCUT2D eigenvalue weighted by atomic mass is 9.87. The Labute approximate surface area is 220 Å². The summed E-state index contributed by atoms with van der Waals surface area (Å²) in [6.45, 7) is 6.40. The van der Waals surface area contributed by atoms with E-state index in [2.05, 4.69) is 36.7 Å². The zero-order valence-electron chi connectivity index (χ0n) is 20.2. The zero-order valence-corrected chi connectivity index (χ0v) is 21.8. The highest BCUT2D eigenvalue weighted by Crippen LogP contribution is 2.26. The van der Waals surface area contributed by atoms with Crippen LogP contribution in [0.2, 0.25) is 5.02 Å². The number of thiocarbonyl (C=S) groups is 1. The third-order valence-corrected chi connectivity index (χ3v) is 6.29. The topological polar surface area (TPSA) is 70.2 Å². The summed E-state index contributed by atoms with van der Waals surface area (Å²) >= 11 is 11.6. The number of carbonyl (C=O) groups excluding carboxylic acids is 2. The lowest BCUT2D eigenvalue weighted by Gasteiger charge is -2.19. The molecule has 7 heteroatoms. The lowest BCUT2D eigenvalue weighted by Crippen LogP contribution is -2.34. The van der Waals surface area contributed by atoms with Crippen LogP contribution >= 0.6 is 23.8 Å². The molecule has 0 unspecified atom stereocenters. The predicted molar refractivity (Wildman–Crippen MR) is 152 cm³/mol. The Balaban J connectivity index is 1.36. The van der Waals surface area contributed by atoms with Gasteiger partial charge in [0.15, 0.2) is 5.11 Å². The van der Waals surface area contributed by atoms with E-state index < -0.39 is 0 Å². The Morgan fingerprint density at radius 1 is 0.722 bits per heavy atom. The second kappa shape index (κ2) is 10.5. The van der Waals surface area contributed by atoms with Crippen molar-refractivity contribution in [3.8, 4) is 0 Å². The molecule has 0 atom stereocenters. The van der Waals surface area contributed by atoms with Gasteiger partial charge in [-0.15, -0.1) is 0 Å². The molecular formula is C29H26ClN3O2S. The molecule has 2 amide bonds. The van der Waals surface area contributed by atoms with Crippen LogP contribution in [0.4, 0.5) is 11.4 Å². The molecule has 4 rings (SSSR count). The molecule has 0 aliphatic heterocycles. The Morgan fingerprint density at radius 2 is 1.31 bits per heavy atom. The summed E-state index contributed by atoms with van der Waals surface area (Å²) in [6, 6.07) is 25.5. The standard InChI is InChI=1S/C29H26ClN3O2S/c1-29(2,3)19-12-10-18(11-13-19)26(34)31-20-14-16-21(17-15-20)32-28(36)33-27(35)24-8-4-7-23-22(24)6-5-9-25(23)30/h4-17H,1-3H3,(H,31,34)(H2,32,33,35,36). The number of hydrogen-bond acceptors (Lipinski definition) is 3. The number of anilines is 2. The second-order valence-electron chi connectivity index (χ2n) is 9.41. The molecule has 0 saturated carbocycles. The Kier molecular flexibility index (Phi) is 7.38. The van der Waals surface area contributed by atoms with Crippen LogP contribution in [0.1, 0.15) is 47.1 Å². The molecule has 0 aliphatic rings. The molecule has 36 heavy (non-hydrogen) atoms. The molecular weight excluding hydrogens is 490 g/mol. The van der Waals surface area contributed by atoms with E-state index in [-0.39, 0.29) is 22.3 Å². The first-order valence-corrected chi connectivity index (χ1v) is 12.2. The van der Waals surface area contributed by atoms with E-state index in [0.717, 1.165) is 10.8 Å². The fraction of sp³-hybridized carbons (Fsp3) is 0.138. The highest BCUT2D eigenvalue weighted by atomic mass is 35.5. The summed E-state index contributed by atoms with van der Waals surface area (Å²) < 4.78 is 0. The zero-order chi connectivity index (χ0) is 25.9. The fourth-order valence-electron chi connectivity index (χ4n) is 3.76. The molecule has 0 heterocycles. The van der Waals surface area contributed by atoms with Gasteiger partial charge in [-0.3, -0.25) is 14.9 Å². The molecule has 0 bridgehead atoms. The SMILES string of the molecule is CC(C)(C)c1ccc(C(=O)Nc2ccc(NC(=S)NC(=O)c3cccc4c(Cl)cccc34)cc2)cc1. The van der Waals surface area contributed by atoms with Crippen molar-refractivity contribution in [3.05, 3.63) is 107 Å². The van der Waals surface area contributed by atoms with Crippen molar-refractivity contribution in [2.24, 2.45) is 0 Å². The Hall–Kier alpha value is -3.74. The van der Waals surface area contributed by atoms with Crippen LogP contribution < -0.4 is 16.0 Å². The summed E-state index contributed by atoms with van der Waals surface area (Å²) in [5, 5.41) is 10.9. The number of hydrogen-bond donors (Lipinski definition) is 3. The first-order valence-electron chi connectivity index (χ1n) is 11.4. The summed E-state index contributed by atoms with van der Waals surface area (Å²) in [6.07, 6.45) is 0. The first-order chi connectivity index (χ1) is 17.1. The lowest BCUT2D eigenvalue weighted by molar-refractivity contribution is 0.0978. The normalized spacial score (nSPS) is 11.1. The second-order valence-corrected chi connectivity index (χ2v) is 10.2. The maximum Gasteiger partial charge on any atom is 0.258 e. The minimum absolute atomic E-state index is 0.0283. The quantitative estimate of drug-likeness (QED) is 0.252. The van der Waals surface area contributed by atoms with E-state index >= 15 is 0 Å². The number of rotatable bonds is 4. The monoisotopic (exact) mass is 515 g/mol. The van der Waals surface area contributed by atoms with Crippen molar-refractivity contribution in [1.82, 2.24) is 5.32 Å². The van der Waals surface area contributed by atoms with E-state index in [1.54, 1.807) is 48.5 Å². The highest BCUT2D eigenvalue weighted by molar-refractivity contribution is 7.80. The summed E-state index contributed by atoms with van der Waals surface area (Å²) in [5.74, 6) is -0.518. The summed E-state index contributed by atoms with van der Waals surface area (Å²) in [4.78, 5) is 25.4. The van der Waals surface area contributed by atoms with Crippen LogP contribution in [0.15, 0.2) is 84.9 Å². The van der Waals surface area contributed by atoms with E-state index in [1.807, 2.05) is 36.4 Å². The fourth-order valence-corrected chi connectivity index (χ4v) is 4.21. The first kappa shape index (κ1) is 25.4. The number of fused-ring (bicyclic) bond motifs is 1. The van der Waals surface area contributed by atoms with Crippen LogP contribution in [0.5, 0.6) is 0 Å². The average molecular weight is 516 g/mol. The molecule has 182 valence electrons. The smallest absolute Gasteiger partial charge is 0.258 e. The van der Waals surface area contributed by atoms with Gasteiger partial charge in [-0.25, -0.2) is 0 Å². The molecule has 0 radical (unpaired) electrons. The van der Waals surface area contributed by atoms with E-state index in [4.69, 9.17) is 23.8 Å². The minimum atomic E-state index is -0.332. The minimum Gasteiger partial charge on any atom is -0.332 e. The van der Waals surface area contributed by atoms with E-state index in [0.29, 0.717) is 27.5 Å². The van der Waals surface area contributed by atoms with Gasteiger partial charge in [0.25, 0.3) is 11.8 Å². The van der Waals surface area contributed by atoms with Gasteiger partial charge in [0.2, 0.25) is 0 Å². The summed E-state index contributed by atoms with van der Waals surface area (Å²) in [5.41, 5.74) is 3.58. The van der Waals surface area contributed by atoms with E-state index in [9.17, 15) is 9.59 Å². The molecule has 3 N–H and O–H groups in total. The van der Waals surface area contributed by atoms with Crippen molar-refractivity contribution < 1.29 is 9.59 Å². The highest BCUT2D eigenvalue weighted by Gasteiger charge is 2.15. The third-order valence-electron chi connectivity index (χ3n) is 5.75. The Morgan fingerprint density at radius 3 is 1.94 bits per heavy atom.